The van der Waals surface area contributed by atoms with Crippen molar-refractivity contribution in [3.05, 3.63) is 23.2 Å². The third kappa shape index (κ3) is 3.40. The Morgan fingerprint density at radius 2 is 2.00 bits per heavy atom. The summed E-state index contributed by atoms with van der Waals surface area (Å²) < 4.78 is 0. The SMILES string of the molecule is O=C(NCc1nccnc1Cl)C1CCCCC1. The van der Waals surface area contributed by atoms with Gasteiger partial charge in [0.15, 0.2) is 5.15 Å². The Morgan fingerprint density at radius 3 is 2.71 bits per heavy atom. The molecule has 0 saturated heterocycles. The molecule has 1 saturated carbocycles. The number of nitrogens with zero attached hydrogens (tertiary/aromatic N) is 2. The van der Waals surface area contributed by atoms with Gasteiger partial charge in [-0.3, -0.25) is 9.78 Å². The van der Waals surface area contributed by atoms with Crippen LogP contribution in [0.15, 0.2) is 12.4 Å². The molecule has 4 nitrogen and oxygen atoms in total. The van der Waals surface area contributed by atoms with Gasteiger partial charge < -0.3 is 5.32 Å². The second kappa shape index (κ2) is 5.96. The fraction of sp³-hybridized carbons (Fsp3) is 0.583. The zero-order chi connectivity index (χ0) is 12.1. The van der Waals surface area contributed by atoms with Crippen LogP contribution in [-0.2, 0) is 11.3 Å². The highest BCUT2D eigenvalue weighted by Crippen LogP contribution is 2.23. The van der Waals surface area contributed by atoms with Crippen LogP contribution >= 0.6 is 11.6 Å². The fourth-order valence-electron chi connectivity index (χ4n) is 2.15. The predicted molar refractivity (Wildman–Crippen MR) is 65.5 cm³/mol. The van der Waals surface area contributed by atoms with Crippen LogP contribution in [0, 0.1) is 5.92 Å². The van der Waals surface area contributed by atoms with Crippen LogP contribution in [0.5, 0.6) is 0 Å². The summed E-state index contributed by atoms with van der Waals surface area (Å²) in [4.78, 5) is 19.9. The predicted octanol–water partition coefficient (Wildman–Crippen LogP) is 2.33. The van der Waals surface area contributed by atoms with Gasteiger partial charge >= 0.3 is 0 Å². The van der Waals surface area contributed by atoms with Crippen molar-refractivity contribution in [1.29, 1.82) is 0 Å². The van der Waals surface area contributed by atoms with Crippen LogP contribution < -0.4 is 5.32 Å². The lowest BCUT2D eigenvalue weighted by Gasteiger charge is -2.20. The maximum atomic E-state index is 11.9. The maximum absolute atomic E-state index is 11.9. The lowest BCUT2D eigenvalue weighted by molar-refractivity contribution is -0.126. The molecule has 0 atom stereocenters. The van der Waals surface area contributed by atoms with Gasteiger partial charge in [0.1, 0.15) is 0 Å². The van der Waals surface area contributed by atoms with Crippen LogP contribution in [-0.4, -0.2) is 15.9 Å². The van der Waals surface area contributed by atoms with Crippen LogP contribution in [0.25, 0.3) is 0 Å². The van der Waals surface area contributed by atoms with Crippen molar-refractivity contribution in [3.8, 4) is 0 Å². The van der Waals surface area contributed by atoms with E-state index in [1.54, 1.807) is 6.20 Å². The van der Waals surface area contributed by atoms with Gasteiger partial charge in [0.05, 0.1) is 12.2 Å². The first-order valence-electron chi connectivity index (χ1n) is 6.00. The lowest BCUT2D eigenvalue weighted by atomic mass is 9.89. The quantitative estimate of drug-likeness (QED) is 0.900. The number of halogens is 1. The molecular formula is C12H16ClN3O. The Balaban J connectivity index is 1.85. The van der Waals surface area contributed by atoms with Crippen molar-refractivity contribution < 1.29 is 4.79 Å². The van der Waals surface area contributed by atoms with Crippen molar-refractivity contribution in [2.24, 2.45) is 5.92 Å². The highest BCUT2D eigenvalue weighted by Gasteiger charge is 2.20. The number of hydrogen-bond acceptors (Lipinski definition) is 3. The van der Waals surface area contributed by atoms with E-state index in [0.717, 1.165) is 25.7 Å². The summed E-state index contributed by atoms with van der Waals surface area (Å²) in [5.74, 6) is 0.283. The molecule has 1 N–H and O–H groups in total. The molecule has 1 amide bonds. The van der Waals surface area contributed by atoms with Gasteiger partial charge in [-0.05, 0) is 12.8 Å². The number of hydrogen-bond donors (Lipinski definition) is 1. The second-order valence-corrected chi connectivity index (χ2v) is 4.70. The topological polar surface area (TPSA) is 54.9 Å². The fourth-order valence-corrected chi connectivity index (χ4v) is 2.32. The van der Waals surface area contributed by atoms with Gasteiger partial charge in [-0.25, -0.2) is 4.98 Å². The summed E-state index contributed by atoms with van der Waals surface area (Å²) in [5.41, 5.74) is 0.623. The number of rotatable bonds is 3. The summed E-state index contributed by atoms with van der Waals surface area (Å²) in [7, 11) is 0. The molecule has 0 aliphatic heterocycles. The van der Waals surface area contributed by atoms with Gasteiger partial charge in [-0.2, -0.15) is 0 Å². The van der Waals surface area contributed by atoms with Gasteiger partial charge in [0.2, 0.25) is 5.91 Å². The van der Waals surface area contributed by atoms with Crippen molar-refractivity contribution in [3.63, 3.8) is 0 Å². The first-order chi connectivity index (χ1) is 8.27. The van der Waals surface area contributed by atoms with E-state index in [9.17, 15) is 4.79 Å². The Kier molecular flexibility index (Phi) is 4.31. The molecule has 0 unspecified atom stereocenters. The average Bonchev–Trinajstić information content (AvgIpc) is 2.38. The second-order valence-electron chi connectivity index (χ2n) is 4.35. The third-order valence-electron chi connectivity index (χ3n) is 3.13. The summed E-state index contributed by atoms with van der Waals surface area (Å²) in [6.45, 7) is 0.363. The van der Waals surface area contributed by atoms with Crippen LogP contribution in [0.3, 0.4) is 0 Å². The zero-order valence-electron chi connectivity index (χ0n) is 9.66. The zero-order valence-corrected chi connectivity index (χ0v) is 10.4. The molecular weight excluding hydrogens is 238 g/mol. The highest BCUT2D eigenvalue weighted by atomic mass is 35.5. The molecule has 0 spiro atoms. The molecule has 1 heterocycles. The molecule has 0 radical (unpaired) electrons. The van der Waals surface area contributed by atoms with Crippen molar-refractivity contribution in [2.45, 2.75) is 38.6 Å². The molecule has 2 rings (SSSR count). The first-order valence-corrected chi connectivity index (χ1v) is 6.38. The summed E-state index contributed by atoms with van der Waals surface area (Å²) in [6, 6.07) is 0. The molecule has 1 fully saturated rings. The summed E-state index contributed by atoms with van der Waals surface area (Å²) in [5, 5.41) is 3.24. The van der Waals surface area contributed by atoms with Crippen LogP contribution in [0.4, 0.5) is 0 Å². The van der Waals surface area contributed by atoms with E-state index in [4.69, 9.17) is 11.6 Å². The number of amides is 1. The molecule has 5 heteroatoms. The Morgan fingerprint density at radius 1 is 1.29 bits per heavy atom. The summed E-state index contributed by atoms with van der Waals surface area (Å²) in [6.07, 6.45) is 8.68. The number of carbonyl (C=O) groups excluding carboxylic acids is 1. The molecule has 92 valence electrons. The average molecular weight is 254 g/mol. The Hall–Kier alpha value is -1.16. The molecule has 1 aromatic rings. The lowest BCUT2D eigenvalue weighted by Crippen LogP contribution is -2.31. The monoisotopic (exact) mass is 253 g/mol. The minimum atomic E-state index is 0.117. The van der Waals surface area contributed by atoms with E-state index in [-0.39, 0.29) is 11.8 Å². The van der Waals surface area contributed by atoms with E-state index in [2.05, 4.69) is 15.3 Å². The van der Waals surface area contributed by atoms with Crippen molar-refractivity contribution >= 4 is 17.5 Å². The largest absolute Gasteiger partial charge is 0.350 e. The molecule has 0 aromatic carbocycles. The summed E-state index contributed by atoms with van der Waals surface area (Å²) >= 11 is 5.87. The Bertz CT molecular complexity index is 391. The van der Waals surface area contributed by atoms with Crippen molar-refractivity contribution in [1.82, 2.24) is 15.3 Å². The van der Waals surface area contributed by atoms with Crippen LogP contribution in [0.2, 0.25) is 5.15 Å². The van der Waals surface area contributed by atoms with E-state index in [0.29, 0.717) is 17.4 Å². The Labute approximate surface area is 106 Å². The normalized spacial score (nSPS) is 16.8. The van der Waals surface area contributed by atoms with Crippen molar-refractivity contribution in [2.75, 3.05) is 0 Å². The standard InChI is InChI=1S/C12H16ClN3O/c13-11-10(14-6-7-15-11)8-16-12(17)9-4-2-1-3-5-9/h6-7,9H,1-5,8H2,(H,16,17). The van der Waals surface area contributed by atoms with Gasteiger partial charge in [0, 0.05) is 18.3 Å². The molecule has 1 aromatic heterocycles. The molecule has 0 bridgehead atoms. The number of aromatic nitrogens is 2. The maximum Gasteiger partial charge on any atom is 0.223 e. The molecule has 1 aliphatic carbocycles. The molecule has 17 heavy (non-hydrogen) atoms. The van der Waals surface area contributed by atoms with Gasteiger partial charge in [0.25, 0.3) is 0 Å². The first kappa shape index (κ1) is 12.3. The highest BCUT2D eigenvalue weighted by molar-refractivity contribution is 6.29. The van der Waals surface area contributed by atoms with E-state index >= 15 is 0 Å². The number of nitrogens with one attached hydrogen (secondary N) is 1. The molecule has 1 aliphatic rings. The minimum absolute atomic E-state index is 0.117. The third-order valence-corrected chi connectivity index (χ3v) is 3.44. The van der Waals surface area contributed by atoms with E-state index in [1.165, 1.54) is 12.6 Å². The van der Waals surface area contributed by atoms with E-state index in [1.807, 2.05) is 0 Å². The number of carbonyl (C=O) groups is 1. The minimum Gasteiger partial charge on any atom is -0.350 e. The van der Waals surface area contributed by atoms with Gasteiger partial charge in [-0.15, -0.1) is 0 Å². The van der Waals surface area contributed by atoms with Crippen LogP contribution in [0.1, 0.15) is 37.8 Å². The smallest absolute Gasteiger partial charge is 0.223 e. The van der Waals surface area contributed by atoms with Gasteiger partial charge in [-0.1, -0.05) is 30.9 Å². The van der Waals surface area contributed by atoms with E-state index < -0.39 is 0 Å².